The van der Waals surface area contributed by atoms with Crippen molar-refractivity contribution in [3.05, 3.63) is 30.0 Å². The Bertz CT molecular complexity index is 740. The number of fused-ring (bicyclic) bond motifs is 1. The summed E-state index contributed by atoms with van der Waals surface area (Å²) in [6.45, 7) is 1.49. The molecule has 7 nitrogen and oxygen atoms in total. The Kier molecular flexibility index (Phi) is 3.38. The lowest BCUT2D eigenvalue weighted by Crippen LogP contribution is -2.55. The number of benzene rings is 1. The summed E-state index contributed by atoms with van der Waals surface area (Å²) in [7, 11) is 0. The Morgan fingerprint density at radius 1 is 1.43 bits per heavy atom. The summed E-state index contributed by atoms with van der Waals surface area (Å²) in [6, 6.07) is 8.60. The Morgan fingerprint density at radius 2 is 2.24 bits per heavy atom. The molecule has 1 aliphatic heterocycles. The summed E-state index contributed by atoms with van der Waals surface area (Å²) in [4.78, 5) is 13.2. The summed E-state index contributed by atoms with van der Waals surface area (Å²) in [5.74, 6) is -0.924. The molecule has 1 aliphatic rings. The molecule has 1 aromatic carbocycles. The maximum Gasteiger partial charge on any atom is 0.327 e. The number of carboxylic acid groups (broad SMARTS) is 1. The van der Waals surface area contributed by atoms with Crippen molar-refractivity contribution in [1.82, 2.24) is 15.5 Å². The highest BCUT2D eigenvalue weighted by Gasteiger charge is 2.31. The van der Waals surface area contributed by atoms with Gasteiger partial charge in [0.05, 0.1) is 11.2 Å². The number of carbonyl (C=O) groups is 1. The largest absolute Gasteiger partial charge is 0.480 e. The fourth-order valence-corrected chi connectivity index (χ4v) is 2.60. The minimum Gasteiger partial charge on any atom is -0.480 e. The van der Waals surface area contributed by atoms with E-state index in [9.17, 15) is 15.2 Å². The van der Waals surface area contributed by atoms with Gasteiger partial charge in [-0.3, -0.25) is 0 Å². The zero-order valence-electron chi connectivity index (χ0n) is 11.2. The van der Waals surface area contributed by atoms with Crippen LogP contribution in [-0.4, -0.2) is 46.9 Å². The molecule has 0 aliphatic carbocycles. The molecule has 1 atom stereocenters. The third-order valence-electron chi connectivity index (χ3n) is 3.56. The first-order valence-corrected chi connectivity index (χ1v) is 6.58. The molecular weight excluding hydrogens is 270 g/mol. The van der Waals surface area contributed by atoms with Gasteiger partial charge in [-0.15, -0.1) is 10.2 Å². The van der Waals surface area contributed by atoms with Gasteiger partial charge in [0.1, 0.15) is 12.1 Å². The van der Waals surface area contributed by atoms with Crippen molar-refractivity contribution in [3.8, 4) is 6.07 Å². The summed E-state index contributed by atoms with van der Waals surface area (Å²) < 4.78 is 0. The topological polar surface area (TPSA) is 102 Å². The molecule has 1 fully saturated rings. The van der Waals surface area contributed by atoms with E-state index in [1.54, 1.807) is 11.0 Å². The average molecular weight is 283 g/mol. The van der Waals surface area contributed by atoms with Gasteiger partial charge < -0.3 is 15.3 Å². The van der Waals surface area contributed by atoms with E-state index < -0.39 is 12.0 Å². The van der Waals surface area contributed by atoms with Crippen LogP contribution in [0.25, 0.3) is 10.9 Å². The second-order valence-electron chi connectivity index (χ2n) is 4.78. The third-order valence-corrected chi connectivity index (χ3v) is 3.56. The Balaban J connectivity index is 2.22. The zero-order chi connectivity index (χ0) is 14.8. The molecule has 21 heavy (non-hydrogen) atoms. The molecule has 0 bridgehead atoms. The maximum absolute atomic E-state index is 11.5. The smallest absolute Gasteiger partial charge is 0.327 e. The molecule has 1 unspecified atom stereocenters. The number of piperazine rings is 1. The van der Waals surface area contributed by atoms with Crippen molar-refractivity contribution in [3.63, 3.8) is 0 Å². The lowest BCUT2D eigenvalue weighted by molar-refractivity contribution is -0.138. The summed E-state index contributed by atoms with van der Waals surface area (Å²) in [5.41, 5.74) is 1.35. The first kappa shape index (κ1) is 13.3. The van der Waals surface area contributed by atoms with Crippen molar-refractivity contribution < 1.29 is 9.90 Å². The molecule has 2 heterocycles. The van der Waals surface area contributed by atoms with Crippen LogP contribution < -0.4 is 10.2 Å². The van der Waals surface area contributed by atoms with E-state index in [4.69, 9.17) is 0 Å². The van der Waals surface area contributed by atoms with Gasteiger partial charge in [-0.05, 0) is 6.07 Å². The van der Waals surface area contributed by atoms with E-state index in [0.29, 0.717) is 30.8 Å². The quantitative estimate of drug-likeness (QED) is 0.820. The minimum atomic E-state index is -0.924. The van der Waals surface area contributed by atoms with Gasteiger partial charge in [0.25, 0.3) is 0 Å². The van der Waals surface area contributed by atoms with Gasteiger partial charge in [-0.25, -0.2) is 4.79 Å². The Morgan fingerprint density at radius 3 is 3.00 bits per heavy atom. The van der Waals surface area contributed by atoms with E-state index in [1.807, 2.05) is 24.3 Å². The van der Waals surface area contributed by atoms with Crippen LogP contribution in [0.4, 0.5) is 5.69 Å². The number of rotatable bonds is 2. The minimum absolute atomic E-state index is 0.154. The van der Waals surface area contributed by atoms with E-state index in [2.05, 4.69) is 15.5 Å². The predicted octanol–water partition coefficient (Wildman–Crippen LogP) is 0.364. The molecule has 7 heteroatoms. The van der Waals surface area contributed by atoms with Crippen LogP contribution in [0.5, 0.6) is 0 Å². The van der Waals surface area contributed by atoms with Crippen molar-refractivity contribution in [1.29, 1.82) is 5.26 Å². The molecule has 3 rings (SSSR count). The molecule has 0 radical (unpaired) electrons. The predicted molar refractivity (Wildman–Crippen MR) is 75.9 cm³/mol. The molecule has 106 valence electrons. The molecule has 0 spiro atoms. The zero-order valence-corrected chi connectivity index (χ0v) is 11.2. The lowest BCUT2D eigenvalue weighted by Gasteiger charge is -2.35. The second-order valence-corrected chi connectivity index (χ2v) is 4.78. The molecule has 2 N–H and O–H groups in total. The highest BCUT2D eigenvalue weighted by atomic mass is 16.4. The Hall–Kier alpha value is -2.72. The maximum atomic E-state index is 11.5. The molecule has 0 amide bonds. The number of aliphatic carboxylic acids is 1. The lowest BCUT2D eigenvalue weighted by atomic mass is 10.1. The standard InChI is InChI=1S/C14H13N5O2/c15-7-11-13(9-3-1-2-4-10(9)17-18-11)19-6-5-16-8-12(19)14(20)21/h1-4,12,16H,5-6,8H2,(H,20,21). The van der Waals surface area contributed by atoms with Crippen LogP contribution in [0, 0.1) is 11.3 Å². The van der Waals surface area contributed by atoms with E-state index in [-0.39, 0.29) is 5.69 Å². The van der Waals surface area contributed by atoms with Crippen LogP contribution in [0.3, 0.4) is 0 Å². The van der Waals surface area contributed by atoms with E-state index in [1.165, 1.54) is 0 Å². The number of hydrogen-bond acceptors (Lipinski definition) is 6. The number of hydrogen-bond donors (Lipinski definition) is 2. The second kappa shape index (κ2) is 5.34. The molecule has 2 aromatic rings. The van der Waals surface area contributed by atoms with Gasteiger partial charge in [-0.1, -0.05) is 18.2 Å². The van der Waals surface area contributed by atoms with Gasteiger partial charge >= 0.3 is 5.97 Å². The summed E-state index contributed by atoms with van der Waals surface area (Å²) >= 11 is 0. The molecular formula is C14H13N5O2. The van der Waals surface area contributed by atoms with Crippen LogP contribution in [0.15, 0.2) is 24.3 Å². The average Bonchev–Trinajstić information content (AvgIpc) is 2.53. The molecule has 0 saturated carbocycles. The van der Waals surface area contributed by atoms with Crippen LogP contribution in [0.1, 0.15) is 5.69 Å². The van der Waals surface area contributed by atoms with Crippen LogP contribution >= 0.6 is 0 Å². The molecule has 1 saturated heterocycles. The Labute approximate surface area is 120 Å². The van der Waals surface area contributed by atoms with Crippen LogP contribution in [0.2, 0.25) is 0 Å². The van der Waals surface area contributed by atoms with Gasteiger partial charge in [0.2, 0.25) is 0 Å². The van der Waals surface area contributed by atoms with Crippen molar-refractivity contribution in [2.75, 3.05) is 24.5 Å². The SMILES string of the molecule is N#Cc1nnc2ccccc2c1N1CCNCC1C(=O)O. The van der Waals surface area contributed by atoms with Crippen molar-refractivity contribution >= 4 is 22.6 Å². The monoisotopic (exact) mass is 283 g/mol. The van der Waals surface area contributed by atoms with Crippen molar-refractivity contribution in [2.24, 2.45) is 0 Å². The summed E-state index contributed by atoms with van der Waals surface area (Å²) in [5, 5.41) is 30.4. The van der Waals surface area contributed by atoms with Gasteiger partial charge in [-0.2, -0.15) is 5.26 Å². The number of carboxylic acids is 1. The number of anilines is 1. The number of aromatic nitrogens is 2. The number of nitrogens with one attached hydrogen (secondary N) is 1. The first-order chi connectivity index (χ1) is 10.2. The van der Waals surface area contributed by atoms with E-state index >= 15 is 0 Å². The summed E-state index contributed by atoms with van der Waals surface area (Å²) in [6.07, 6.45) is 0. The van der Waals surface area contributed by atoms with Gasteiger partial charge in [0, 0.05) is 25.0 Å². The number of nitriles is 1. The fourth-order valence-electron chi connectivity index (χ4n) is 2.60. The normalized spacial score (nSPS) is 18.4. The third kappa shape index (κ3) is 2.26. The van der Waals surface area contributed by atoms with Crippen molar-refractivity contribution in [2.45, 2.75) is 6.04 Å². The first-order valence-electron chi connectivity index (χ1n) is 6.58. The fraction of sp³-hybridized carbons (Fsp3) is 0.286. The highest BCUT2D eigenvalue weighted by Crippen LogP contribution is 2.29. The number of nitrogens with zero attached hydrogens (tertiary/aromatic N) is 4. The van der Waals surface area contributed by atoms with E-state index in [0.717, 1.165) is 5.39 Å². The van der Waals surface area contributed by atoms with Gasteiger partial charge in [0.15, 0.2) is 5.69 Å². The van der Waals surface area contributed by atoms with Crippen LogP contribution in [-0.2, 0) is 4.79 Å². The molecule has 1 aromatic heterocycles. The highest BCUT2D eigenvalue weighted by molar-refractivity contribution is 5.95.